The van der Waals surface area contributed by atoms with Crippen molar-refractivity contribution in [1.82, 2.24) is 20.4 Å². The fraction of sp³-hybridized carbons (Fsp3) is 0.455. The van der Waals surface area contributed by atoms with Crippen LogP contribution in [0.5, 0.6) is 0 Å². The van der Waals surface area contributed by atoms with Crippen LogP contribution in [0.4, 0.5) is 0 Å². The molecule has 1 fully saturated rings. The Morgan fingerprint density at radius 3 is 2.78 bits per heavy atom. The van der Waals surface area contributed by atoms with Crippen LogP contribution in [0.3, 0.4) is 0 Å². The van der Waals surface area contributed by atoms with Gasteiger partial charge in [0, 0.05) is 35.5 Å². The fourth-order valence-electron chi connectivity index (χ4n) is 4.07. The number of piperidine rings is 1. The Kier molecular flexibility index (Phi) is 5.50. The minimum absolute atomic E-state index is 0.800. The summed E-state index contributed by atoms with van der Waals surface area (Å²) < 4.78 is 5.87. The van der Waals surface area contributed by atoms with Crippen molar-refractivity contribution >= 4 is 11.0 Å². The zero-order valence-electron chi connectivity index (χ0n) is 16.2. The molecule has 0 radical (unpaired) electrons. The zero-order valence-corrected chi connectivity index (χ0v) is 16.2. The number of nitrogens with zero attached hydrogens (tertiary/aromatic N) is 3. The average molecular weight is 364 g/mol. The van der Waals surface area contributed by atoms with Crippen LogP contribution < -0.4 is 5.32 Å². The molecule has 0 aliphatic carbocycles. The second kappa shape index (κ2) is 8.19. The molecule has 0 spiro atoms. The standard InChI is InChI=1S/C22H28N4O/c1-26(2)15-20-18(17-4-3-11-24-14-17)6-7-19-21(25-27-22(19)20)8-5-16-9-12-23-13-10-16/h3-4,6-7,11,14,16,23H,5,8-10,12-13,15H2,1-2H3. The highest BCUT2D eigenvalue weighted by atomic mass is 16.5. The third-order valence-electron chi connectivity index (χ3n) is 5.51. The SMILES string of the molecule is CN(C)Cc1c(-c2cccnc2)ccc2c(CCC3CCNCC3)noc12. The molecule has 4 rings (SSSR count). The van der Waals surface area contributed by atoms with Gasteiger partial charge in [0.2, 0.25) is 0 Å². The zero-order chi connectivity index (χ0) is 18.6. The van der Waals surface area contributed by atoms with Gasteiger partial charge < -0.3 is 14.7 Å². The lowest BCUT2D eigenvalue weighted by molar-refractivity contribution is 0.350. The third kappa shape index (κ3) is 4.04. The molecule has 27 heavy (non-hydrogen) atoms. The van der Waals surface area contributed by atoms with Crippen LogP contribution >= 0.6 is 0 Å². The van der Waals surface area contributed by atoms with Crippen LogP contribution in [0, 0.1) is 5.92 Å². The van der Waals surface area contributed by atoms with Gasteiger partial charge in [-0.25, -0.2) is 0 Å². The molecular formula is C22H28N4O. The molecule has 0 atom stereocenters. The maximum atomic E-state index is 5.87. The van der Waals surface area contributed by atoms with E-state index in [1.807, 2.05) is 12.3 Å². The predicted molar refractivity (Wildman–Crippen MR) is 109 cm³/mol. The van der Waals surface area contributed by atoms with E-state index < -0.39 is 0 Å². The van der Waals surface area contributed by atoms with Crippen LogP contribution in [0.2, 0.25) is 0 Å². The lowest BCUT2D eigenvalue weighted by Crippen LogP contribution is -2.27. The summed E-state index contributed by atoms with van der Waals surface area (Å²) in [6, 6.07) is 8.44. The van der Waals surface area contributed by atoms with Crippen molar-refractivity contribution in [3.8, 4) is 11.1 Å². The van der Waals surface area contributed by atoms with Crippen molar-refractivity contribution in [3.05, 3.63) is 47.9 Å². The number of benzene rings is 1. The van der Waals surface area contributed by atoms with Crippen molar-refractivity contribution in [1.29, 1.82) is 0 Å². The van der Waals surface area contributed by atoms with E-state index in [0.717, 1.165) is 54.2 Å². The summed E-state index contributed by atoms with van der Waals surface area (Å²) in [6.45, 7) is 3.10. The van der Waals surface area contributed by atoms with E-state index in [4.69, 9.17) is 4.52 Å². The van der Waals surface area contributed by atoms with E-state index in [9.17, 15) is 0 Å². The minimum atomic E-state index is 0.800. The lowest BCUT2D eigenvalue weighted by Gasteiger charge is -2.21. The minimum Gasteiger partial charge on any atom is -0.356 e. The highest BCUT2D eigenvalue weighted by Crippen LogP contribution is 2.33. The van der Waals surface area contributed by atoms with E-state index in [-0.39, 0.29) is 0 Å². The number of aromatic nitrogens is 2. The van der Waals surface area contributed by atoms with Gasteiger partial charge >= 0.3 is 0 Å². The number of aryl methyl sites for hydroxylation is 1. The van der Waals surface area contributed by atoms with Crippen LogP contribution in [0.15, 0.2) is 41.2 Å². The van der Waals surface area contributed by atoms with Gasteiger partial charge in [-0.2, -0.15) is 0 Å². The van der Waals surface area contributed by atoms with Gasteiger partial charge in [-0.3, -0.25) is 4.98 Å². The second-order valence-corrected chi connectivity index (χ2v) is 7.81. The van der Waals surface area contributed by atoms with E-state index in [2.05, 4.69) is 52.7 Å². The van der Waals surface area contributed by atoms with Gasteiger partial charge in [0.1, 0.15) is 0 Å². The lowest BCUT2D eigenvalue weighted by atomic mass is 9.91. The molecule has 3 aromatic rings. The molecule has 142 valence electrons. The monoisotopic (exact) mass is 364 g/mol. The molecule has 5 nitrogen and oxygen atoms in total. The predicted octanol–water partition coefficient (Wildman–Crippen LogP) is 3.88. The number of pyridine rings is 1. The molecule has 2 aromatic heterocycles. The summed E-state index contributed by atoms with van der Waals surface area (Å²) in [5.74, 6) is 0.800. The summed E-state index contributed by atoms with van der Waals surface area (Å²) in [4.78, 5) is 6.46. The van der Waals surface area contributed by atoms with Crippen LogP contribution in [-0.2, 0) is 13.0 Å². The Bertz CT molecular complexity index is 882. The Morgan fingerprint density at radius 1 is 1.19 bits per heavy atom. The number of hydrogen-bond acceptors (Lipinski definition) is 5. The quantitative estimate of drug-likeness (QED) is 0.719. The summed E-state index contributed by atoms with van der Waals surface area (Å²) in [6.07, 6.45) is 8.44. The maximum Gasteiger partial charge on any atom is 0.172 e. The van der Waals surface area contributed by atoms with Crippen molar-refractivity contribution in [2.24, 2.45) is 5.92 Å². The van der Waals surface area contributed by atoms with Gasteiger partial charge in [-0.1, -0.05) is 17.3 Å². The molecule has 3 heterocycles. The van der Waals surface area contributed by atoms with E-state index >= 15 is 0 Å². The molecule has 1 saturated heterocycles. The largest absolute Gasteiger partial charge is 0.356 e. The van der Waals surface area contributed by atoms with Gasteiger partial charge in [0.05, 0.1) is 5.69 Å². The molecule has 1 aromatic carbocycles. The van der Waals surface area contributed by atoms with Gasteiger partial charge in [-0.05, 0) is 76.5 Å². The second-order valence-electron chi connectivity index (χ2n) is 7.81. The highest BCUT2D eigenvalue weighted by molar-refractivity contribution is 5.89. The summed E-state index contributed by atoms with van der Waals surface area (Å²) in [7, 11) is 4.17. The Hall–Kier alpha value is -2.24. The Labute approximate surface area is 160 Å². The van der Waals surface area contributed by atoms with Crippen molar-refractivity contribution in [3.63, 3.8) is 0 Å². The van der Waals surface area contributed by atoms with E-state index in [1.54, 1.807) is 6.20 Å². The summed E-state index contributed by atoms with van der Waals surface area (Å²) in [5, 5.41) is 9.06. The first-order valence-corrected chi connectivity index (χ1v) is 9.88. The normalized spacial score (nSPS) is 15.7. The van der Waals surface area contributed by atoms with Crippen LogP contribution in [0.25, 0.3) is 22.1 Å². The molecular weight excluding hydrogens is 336 g/mol. The topological polar surface area (TPSA) is 54.2 Å². The highest BCUT2D eigenvalue weighted by Gasteiger charge is 2.19. The number of fused-ring (bicyclic) bond motifs is 1. The number of nitrogens with one attached hydrogen (secondary N) is 1. The van der Waals surface area contributed by atoms with Crippen molar-refractivity contribution in [2.75, 3.05) is 27.2 Å². The van der Waals surface area contributed by atoms with Crippen molar-refractivity contribution in [2.45, 2.75) is 32.2 Å². The molecule has 0 bridgehead atoms. The van der Waals surface area contributed by atoms with Gasteiger partial charge in [0.25, 0.3) is 0 Å². The summed E-state index contributed by atoms with van der Waals surface area (Å²) >= 11 is 0. The van der Waals surface area contributed by atoms with Crippen molar-refractivity contribution < 1.29 is 4.52 Å². The molecule has 0 amide bonds. The van der Waals surface area contributed by atoms with Crippen LogP contribution in [0.1, 0.15) is 30.5 Å². The molecule has 0 saturated carbocycles. The Balaban J connectivity index is 1.66. The summed E-state index contributed by atoms with van der Waals surface area (Å²) in [5.41, 5.74) is 5.49. The van der Waals surface area contributed by atoms with E-state index in [0.29, 0.717) is 0 Å². The maximum absolute atomic E-state index is 5.87. The molecule has 0 unspecified atom stereocenters. The first kappa shape index (κ1) is 18.1. The van der Waals surface area contributed by atoms with Gasteiger partial charge in [0.15, 0.2) is 5.58 Å². The van der Waals surface area contributed by atoms with E-state index in [1.165, 1.54) is 30.4 Å². The number of rotatable bonds is 6. The Morgan fingerprint density at radius 2 is 2.04 bits per heavy atom. The average Bonchev–Trinajstić information content (AvgIpc) is 3.11. The molecule has 1 aliphatic rings. The first-order chi connectivity index (χ1) is 13.2. The fourth-order valence-corrected chi connectivity index (χ4v) is 4.07. The van der Waals surface area contributed by atoms with Crippen LogP contribution in [-0.4, -0.2) is 42.2 Å². The smallest absolute Gasteiger partial charge is 0.172 e. The molecule has 1 N–H and O–H groups in total. The molecule has 5 heteroatoms. The first-order valence-electron chi connectivity index (χ1n) is 9.88. The molecule has 1 aliphatic heterocycles. The number of hydrogen-bond donors (Lipinski definition) is 1. The van der Waals surface area contributed by atoms with Gasteiger partial charge in [-0.15, -0.1) is 0 Å². The third-order valence-corrected chi connectivity index (χ3v) is 5.51.